The van der Waals surface area contributed by atoms with E-state index in [-0.39, 0.29) is 6.10 Å². The topological polar surface area (TPSA) is 23.5 Å². The molecule has 0 heterocycles. The highest BCUT2D eigenvalue weighted by Gasteiger charge is 2.21. The van der Waals surface area contributed by atoms with Crippen molar-refractivity contribution in [3.63, 3.8) is 0 Å². The van der Waals surface area contributed by atoms with E-state index in [9.17, 15) is 5.11 Å². The Morgan fingerprint density at radius 3 is 2.38 bits per heavy atom. The fourth-order valence-corrected chi connectivity index (χ4v) is 1.94. The third-order valence-electron chi connectivity index (χ3n) is 3.21. The largest absolute Gasteiger partial charge is 0.393 e. The average Bonchev–Trinajstić information content (AvgIpc) is 1.94. The van der Waals surface area contributed by atoms with E-state index < -0.39 is 0 Å². The Labute approximate surface area is 81.9 Å². The smallest absolute Gasteiger partial charge is 0.0526 e. The molecule has 1 rings (SSSR count). The summed E-state index contributed by atoms with van der Waals surface area (Å²) in [6.07, 6.45) is 4.96. The summed E-state index contributed by atoms with van der Waals surface area (Å²) < 4.78 is 0. The highest BCUT2D eigenvalue weighted by atomic mass is 16.3. The van der Waals surface area contributed by atoms with Crippen molar-refractivity contribution in [3.8, 4) is 0 Å². The van der Waals surface area contributed by atoms with Gasteiger partial charge in [-0.25, -0.2) is 0 Å². The van der Waals surface area contributed by atoms with Crippen molar-refractivity contribution >= 4 is 0 Å². The standard InChI is InChI=1S/C11H23NO/c1-9(7-10(2)13)12(3)8-11-5-4-6-11/h9-11,13H,4-8H2,1-3H3. The average molecular weight is 185 g/mol. The van der Waals surface area contributed by atoms with E-state index in [1.54, 1.807) is 0 Å². The predicted octanol–water partition coefficient (Wildman–Crippen LogP) is 1.88. The zero-order valence-corrected chi connectivity index (χ0v) is 9.16. The Morgan fingerprint density at radius 1 is 1.38 bits per heavy atom. The van der Waals surface area contributed by atoms with Gasteiger partial charge >= 0.3 is 0 Å². The maximum atomic E-state index is 9.25. The van der Waals surface area contributed by atoms with Crippen molar-refractivity contribution in [3.05, 3.63) is 0 Å². The second-order valence-electron chi connectivity index (χ2n) is 4.67. The zero-order chi connectivity index (χ0) is 9.84. The number of hydrogen-bond acceptors (Lipinski definition) is 2. The van der Waals surface area contributed by atoms with Gasteiger partial charge in [0.2, 0.25) is 0 Å². The van der Waals surface area contributed by atoms with Crippen LogP contribution in [0.15, 0.2) is 0 Å². The van der Waals surface area contributed by atoms with Crippen LogP contribution in [0.25, 0.3) is 0 Å². The summed E-state index contributed by atoms with van der Waals surface area (Å²) in [6, 6.07) is 0.514. The molecular weight excluding hydrogens is 162 g/mol. The number of hydrogen-bond donors (Lipinski definition) is 1. The molecule has 0 aliphatic heterocycles. The molecule has 0 amide bonds. The van der Waals surface area contributed by atoms with Gasteiger partial charge in [-0.05, 0) is 46.1 Å². The lowest BCUT2D eigenvalue weighted by Crippen LogP contribution is -2.37. The van der Waals surface area contributed by atoms with E-state index in [4.69, 9.17) is 0 Å². The molecule has 0 aromatic heterocycles. The highest BCUT2D eigenvalue weighted by molar-refractivity contribution is 4.75. The van der Waals surface area contributed by atoms with E-state index in [2.05, 4.69) is 18.9 Å². The van der Waals surface area contributed by atoms with Gasteiger partial charge < -0.3 is 10.0 Å². The minimum absolute atomic E-state index is 0.168. The third kappa shape index (κ3) is 3.65. The van der Waals surface area contributed by atoms with Crippen LogP contribution in [0.5, 0.6) is 0 Å². The molecule has 0 aromatic carbocycles. The fraction of sp³-hybridized carbons (Fsp3) is 1.00. The van der Waals surface area contributed by atoms with Gasteiger partial charge in [0.25, 0.3) is 0 Å². The lowest BCUT2D eigenvalue weighted by molar-refractivity contribution is 0.112. The van der Waals surface area contributed by atoms with E-state index in [0.717, 1.165) is 12.3 Å². The second-order valence-corrected chi connectivity index (χ2v) is 4.67. The van der Waals surface area contributed by atoms with Gasteiger partial charge in [-0.3, -0.25) is 0 Å². The van der Waals surface area contributed by atoms with Crippen molar-refractivity contribution in [2.24, 2.45) is 5.92 Å². The summed E-state index contributed by atoms with van der Waals surface area (Å²) in [7, 11) is 2.17. The molecule has 1 saturated carbocycles. The predicted molar refractivity (Wildman–Crippen MR) is 55.7 cm³/mol. The first kappa shape index (κ1) is 11.0. The second kappa shape index (κ2) is 4.97. The van der Waals surface area contributed by atoms with Crippen LogP contribution in [0.2, 0.25) is 0 Å². The minimum atomic E-state index is -0.168. The SMILES string of the molecule is CC(O)CC(C)N(C)CC1CCC1. The first-order valence-electron chi connectivity index (χ1n) is 5.48. The van der Waals surface area contributed by atoms with Crippen molar-refractivity contribution in [2.75, 3.05) is 13.6 Å². The van der Waals surface area contributed by atoms with Gasteiger partial charge in [0.1, 0.15) is 0 Å². The molecule has 0 spiro atoms. The fourth-order valence-electron chi connectivity index (χ4n) is 1.94. The molecule has 0 radical (unpaired) electrons. The Kier molecular flexibility index (Phi) is 4.20. The monoisotopic (exact) mass is 185 g/mol. The van der Waals surface area contributed by atoms with E-state index in [1.807, 2.05) is 6.92 Å². The van der Waals surface area contributed by atoms with Gasteiger partial charge in [-0.15, -0.1) is 0 Å². The quantitative estimate of drug-likeness (QED) is 0.707. The van der Waals surface area contributed by atoms with E-state index in [0.29, 0.717) is 6.04 Å². The molecule has 0 bridgehead atoms. The number of aliphatic hydroxyl groups is 1. The molecule has 1 aliphatic carbocycles. The van der Waals surface area contributed by atoms with Gasteiger partial charge in [0.05, 0.1) is 6.10 Å². The molecule has 0 saturated heterocycles. The minimum Gasteiger partial charge on any atom is -0.393 e. The van der Waals surface area contributed by atoms with Crippen molar-refractivity contribution in [2.45, 2.75) is 51.7 Å². The maximum Gasteiger partial charge on any atom is 0.0526 e. The molecule has 2 unspecified atom stereocenters. The zero-order valence-electron chi connectivity index (χ0n) is 9.16. The van der Waals surface area contributed by atoms with E-state index in [1.165, 1.54) is 25.8 Å². The van der Waals surface area contributed by atoms with Gasteiger partial charge in [-0.2, -0.15) is 0 Å². The third-order valence-corrected chi connectivity index (χ3v) is 3.21. The molecule has 0 aromatic rings. The van der Waals surface area contributed by atoms with Crippen LogP contribution >= 0.6 is 0 Å². The number of aliphatic hydroxyl groups excluding tert-OH is 1. The molecule has 2 heteroatoms. The molecule has 13 heavy (non-hydrogen) atoms. The molecular formula is C11H23NO. The number of rotatable bonds is 5. The first-order valence-corrected chi connectivity index (χ1v) is 5.48. The lowest BCUT2D eigenvalue weighted by Gasteiger charge is -2.33. The van der Waals surface area contributed by atoms with Gasteiger partial charge in [-0.1, -0.05) is 6.42 Å². The summed E-state index contributed by atoms with van der Waals surface area (Å²) in [5.41, 5.74) is 0. The molecule has 1 aliphatic rings. The number of nitrogens with zero attached hydrogens (tertiary/aromatic N) is 1. The Bertz CT molecular complexity index is 143. The molecule has 2 nitrogen and oxygen atoms in total. The summed E-state index contributed by atoms with van der Waals surface area (Å²) in [6.45, 7) is 5.28. The van der Waals surface area contributed by atoms with Crippen LogP contribution in [0.1, 0.15) is 39.5 Å². The summed E-state index contributed by atoms with van der Waals surface area (Å²) in [4.78, 5) is 2.39. The van der Waals surface area contributed by atoms with Crippen LogP contribution < -0.4 is 0 Å². The van der Waals surface area contributed by atoms with Crippen LogP contribution in [0, 0.1) is 5.92 Å². The molecule has 1 fully saturated rings. The highest BCUT2D eigenvalue weighted by Crippen LogP contribution is 2.27. The Morgan fingerprint density at radius 2 is 2.00 bits per heavy atom. The molecule has 2 atom stereocenters. The van der Waals surface area contributed by atoms with Crippen molar-refractivity contribution < 1.29 is 5.11 Å². The van der Waals surface area contributed by atoms with Crippen LogP contribution in [-0.4, -0.2) is 35.7 Å². The van der Waals surface area contributed by atoms with E-state index >= 15 is 0 Å². The molecule has 1 N–H and O–H groups in total. The normalized spacial score (nSPS) is 22.8. The van der Waals surface area contributed by atoms with Crippen LogP contribution in [0.3, 0.4) is 0 Å². The summed E-state index contributed by atoms with van der Waals surface area (Å²) in [5, 5.41) is 9.25. The van der Waals surface area contributed by atoms with Crippen LogP contribution in [-0.2, 0) is 0 Å². The first-order chi connectivity index (χ1) is 6.09. The van der Waals surface area contributed by atoms with Crippen LogP contribution in [0.4, 0.5) is 0 Å². The lowest BCUT2D eigenvalue weighted by atomic mass is 9.85. The van der Waals surface area contributed by atoms with Gasteiger partial charge in [0.15, 0.2) is 0 Å². The van der Waals surface area contributed by atoms with Gasteiger partial charge in [0, 0.05) is 12.6 Å². The maximum absolute atomic E-state index is 9.25. The Hall–Kier alpha value is -0.0800. The Balaban J connectivity index is 2.16. The summed E-state index contributed by atoms with van der Waals surface area (Å²) in [5.74, 6) is 0.932. The van der Waals surface area contributed by atoms with Crippen molar-refractivity contribution in [1.29, 1.82) is 0 Å². The molecule has 78 valence electrons. The summed E-state index contributed by atoms with van der Waals surface area (Å²) >= 11 is 0. The van der Waals surface area contributed by atoms with Crippen molar-refractivity contribution in [1.82, 2.24) is 4.90 Å².